The Kier molecular flexibility index (Phi) is 3.56. The first-order chi connectivity index (χ1) is 9.20. The molecule has 1 aromatic heterocycles. The summed E-state index contributed by atoms with van der Waals surface area (Å²) < 4.78 is 5.67. The first kappa shape index (κ1) is 12.7. The van der Waals surface area contributed by atoms with Gasteiger partial charge < -0.3 is 10.1 Å². The fraction of sp³-hybridized carbons (Fsp3) is 0.562. The van der Waals surface area contributed by atoms with Gasteiger partial charge in [-0.3, -0.25) is 4.98 Å². The van der Waals surface area contributed by atoms with Gasteiger partial charge in [0.15, 0.2) is 0 Å². The van der Waals surface area contributed by atoms with Crippen LogP contribution in [-0.2, 0) is 0 Å². The molecule has 102 valence electrons. The molecule has 2 fully saturated rings. The predicted octanol–water partition coefficient (Wildman–Crippen LogP) is 3.02. The lowest BCUT2D eigenvalue weighted by molar-refractivity contribution is 0.241. The van der Waals surface area contributed by atoms with Crippen LogP contribution >= 0.6 is 0 Å². The molecule has 1 N–H and O–H groups in total. The Balaban J connectivity index is 1.66. The molecule has 0 aliphatic carbocycles. The third kappa shape index (κ3) is 2.98. The molecule has 3 atom stereocenters. The van der Waals surface area contributed by atoms with E-state index in [-0.39, 0.29) is 6.10 Å². The van der Waals surface area contributed by atoms with Crippen LogP contribution in [0.5, 0.6) is 5.75 Å². The van der Waals surface area contributed by atoms with Gasteiger partial charge in [0.25, 0.3) is 0 Å². The van der Waals surface area contributed by atoms with Gasteiger partial charge in [-0.25, -0.2) is 0 Å². The van der Waals surface area contributed by atoms with Crippen molar-refractivity contribution in [1.82, 2.24) is 10.3 Å². The van der Waals surface area contributed by atoms with E-state index < -0.39 is 0 Å². The van der Waals surface area contributed by atoms with Gasteiger partial charge in [-0.2, -0.15) is 0 Å². The Labute approximate surface area is 115 Å². The van der Waals surface area contributed by atoms with Crippen molar-refractivity contribution in [2.24, 2.45) is 5.92 Å². The minimum Gasteiger partial charge on any atom is -0.489 e. The Morgan fingerprint density at radius 1 is 1.37 bits per heavy atom. The Hall–Kier alpha value is -1.35. The highest BCUT2D eigenvalue weighted by atomic mass is 16.5. The van der Waals surface area contributed by atoms with Gasteiger partial charge in [-0.05, 0) is 50.7 Å². The minimum absolute atomic E-state index is 0.191. The second kappa shape index (κ2) is 5.33. The second-order valence-electron chi connectivity index (χ2n) is 5.93. The Morgan fingerprint density at radius 2 is 2.26 bits per heavy atom. The van der Waals surface area contributed by atoms with Crippen molar-refractivity contribution in [2.45, 2.75) is 51.3 Å². The van der Waals surface area contributed by atoms with Gasteiger partial charge in [-0.15, -0.1) is 0 Å². The largest absolute Gasteiger partial charge is 0.489 e. The van der Waals surface area contributed by atoms with E-state index in [0.29, 0.717) is 12.0 Å². The SMILES string of the molecule is CC(C)Oc1cncc(/C=C\C2CC3CCC2N3)c1. The molecule has 3 heteroatoms. The van der Waals surface area contributed by atoms with E-state index in [2.05, 4.69) is 28.5 Å². The summed E-state index contributed by atoms with van der Waals surface area (Å²) in [5.41, 5.74) is 1.13. The first-order valence-electron chi connectivity index (χ1n) is 7.26. The van der Waals surface area contributed by atoms with Crippen LogP contribution in [0, 0.1) is 5.92 Å². The van der Waals surface area contributed by atoms with Crippen molar-refractivity contribution in [1.29, 1.82) is 0 Å². The summed E-state index contributed by atoms with van der Waals surface area (Å²) in [5.74, 6) is 1.54. The highest BCUT2D eigenvalue weighted by Crippen LogP contribution is 2.34. The predicted molar refractivity (Wildman–Crippen MR) is 77.1 cm³/mol. The molecule has 3 unspecified atom stereocenters. The van der Waals surface area contributed by atoms with Crippen molar-refractivity contribution < 1.29 is 4.74 Å². The molecule has 0 aromatic carbocycles. The lowest BCUT2D eigenvalue weighted by Crippen LogP contribution is -2.21. The smallest absolute Gasteiger partial charge is 0.138 e. The summed E-state index contributed by atoms with van der Waals surface area (Å²) in [7, 11) is 0. The van der Waals surface area contributed by atoms with E-state index in [0.717, 1.165) is 17.4 Å². The molecule has 2 saturated heterocycles. The van der Waals surface area contributed by atoms with E-state index in [1.807, 2.05) is 20.0 Å². The number of hydrogen-bond donors (Lipinski definition) is 1. The third-order valence-corrected chi connectivity index (χ3v) is 3.99. The summed E-state index contributed by atoms with van der Waals surface area (Å²) >= 11 is 0. The van der Waals surface area contributed by atoms with Gasteiger partial charge >= 0.3 is 0 Å². The zero-order valence-corrected chi connectivity index (χ0v) is 11.7. The average molecular weight is 258 g/mol. The maximum atomic E-state index is 5.67. The molecule has 3 heterocycles. The third-order valence-electron chi connectivity index (χ3n) is 3.99. The van der Waals surface area contributed by atoms with Crippen LogP contribution in [-0.4, -0.2) is 23.2 Å². The van der Waals surface area contributed by atoms with Gasteiger partial charge in [-0.1, -0.05) is 12.2 Å². The van der Waals surface area contributed by atoms with Crippen LogP contribution in [0.1, 0.15) is 38.7 Å². The van der Waals surface area contributed by atoms with E-state index >= 15 is 0 Å². The van der Waals surface area contributed by atoms with Gasteiger partial charge in [0.1, 0.15) is 5.75 Å². The number of ether oxygens (including phenoxy) is 1. The van der Waals surface area contributed by atoms with Crippen LogP contribution in [0.25, 0.3) is 6.08 Å². The van der Waals surface area contributed by atoms with Crippen molar-refractivity contribution in [3.8, 4) is 5.75 Å². The molecule has 0 saturated carbocycles. The average Bonchev–Trinajstić information content (AvgIpc) is 2.98. The molecule has 19 heavy (non-hydrogen) atoms. The number of pyridine rings is 1. The monoisotopic (exact) mass is 258 g/mol. The lowest BCUT2D eigenvalue weighted by Gasteiger charge is -2.15. The number of rotatable bonds is 4. The van der Waals surface area contributed by atoms with E-state index in [1.165, 1.54) is 19.3 Å². The number of nitrogens with zero attached hydrogens (tertiary/aromatic N) is 1. The van der Waals surface area contributed by atoms with E-state index in [1.54, 1.807) is 6.20 Å². The fourth-order valence-corrected chi connectivity index (χ4v) is 3.18. The highest BCUT2D eigenvalue weighted by molar-refractivity contribution is 5.50. The van der Waals surface area contributed by atoms with Gasteiger partial charge in [0, 0.05) is 18.3 Å². The minimum atomic E-state index is 0.191. The second-order valence-corrected chi connectivity index (χ2v) is 5.93. The molecule has 2 aliphatic heterocycles. The van der Waals surface area contributed by atoms with Crippen LogP contribution in [0.3, 0.4) is 0 Å². The van der Waals surface area contributed by atoms with Crippen molar-refractivity contribution in [3.05, 3.63) is 30.1 Å². The first-order valence-corrected chi connectivity index (χ1v) is 7.26. The summed E-state index contributed by atoms with van der Waals surface area (Å²) in [6.07, 6.45) is 12.4. The summed E-state index contributed by atoms with van der Waals surface area (Å²) in [4.78, 5) is 4.24. The number of aromatic nitrogens is 1. The Bertz CT molecular complexity index is 470. The topological polar surface area (TPSA) is 34.1 Å². The molecule has 3 nitrogen and oxygen atoms in total. The molecule has 2 aliphatic rings. The zero-order valence-electron chi connectivity index (χ0n) is 11.7. The fourth-order valence-electron chi connectivity index (χ4n) is 3.18. The van der Waals surface area contributed by atoms with Crippen molar-refractivity contribution >= 4 is 6.08 Å². The van der Waals surface area contributed by atoms with Crippen LogP contribution < -0.4 is 10.1 Å². The molecule has 0 spiro atoms. The maximum absolute atomic E-state index is 5.67. The van der Waals surface area contributed by atoms with E-state index in [9.17, 15) is 0 Å². The molecular weight excluding hydrogens is 236 g/mol. The lowest BCUT2D eigenvalue weighted by atomic mass is 9.89. The highest BCUT2D eigenvalue weighted by Gasteiger charge is 2.37. The summed E-state index contributed by atoms with van der Waals surface area (Å²) in [5, 5.41) is 3.66. The van der Waals surface area contributed by atoms with Crippen LogP contribution in [0.15, 0.2) is 24.5 Å². The summed E-state index contributed by atoms with van der Waals surface area (Å²) in [6.45, 7) is 4.06. The van der Waals surface area contributed by atoms with Crippen molar-refractivity contribution in [3.63, 3.8) is 0 Å². The zero-order chi connectivity index (χ0) is 13.2. The van der Waals surface area contributed by atoms with Crippen LogP contribution in [0.4, 0.5) is 0 Å². The van der Waals surface area contributed by atoms with E-state index in [4.69, 9.17) is 4.74 Å². The molecular formula is C16H22N2O. The maximum Gasteiger partial charge on any atom is 0.138 e. The quantitative estimate of drug-likeness (QED) is 0.901. The van der Waals surface area contributed by atoms with Gasteiger partial charge in [0.05, 0.1) is 12.3 Å². The normalized spacial score (nSPS) is 29.5. The number of hydrogen-bond acceptors (Lipinski definition) is 3. The molecule has 1 aromatic rings. The Morgan fingerprint density at radius 3 is 2.95 bits per heavy atom. The van der Waals surface area contributed by atoms with Gasteiger partial charge in [0.2, 0.25) is 0 Å². The van der Waals surface area contributed by atoms with Crippen molar-refractivity contribution in [2.75, 3.05) is 0 Å². The van der Waals surface area contributed by atoms with Crippen LogP contribution in [0.2, 0.25) is 0 Å². The molecule has 3 rings (SSSR count). The molecule has 0 radical (unpaired) electrons. The number of nitrogens with one attached hydrogen (secondary N) is 1. The summed E-state index contributed by atoms with van der Waals surface area (Å²) in [6, 6.07) is 3.52. The standard InChI is InChI=1S/C16H22N2O/c1-11(2)19-15-7-12(9-17-10-15)3-4-13-8-14-5-6-16(13)18-14/h3-4,7,9-11,13-14,16,18H,5-6,8H2,1-2H3/b4-3-. The number of fused-ring (bicyclic) bond motifs is 2. The molecule has 0 amide bonds. The molecule has 2 bridgehead atoms.